The summed E-state index contributed by atoms with van der Waals surface area (Å²) in [6.07, 6.45) is 0. The van der Waals surface area contributed by atoms with E-state index >= 15 is 0 Å². The second-order valence-corrected chi connectivity index (χ2v) is 5.58. The first-order valence-electron chi connectivity index (χ1n) is 5.41. The highest BCUT2D eigenvalue weighted by Gasteiger charge is 2.10. The zero-order chi connectivity index (χ0) is 14.7. The number of nitrogens with two attached hydrogens (primary N) is 1. The van der Waals surface area contributed by atoms with Crippen molar-refractivity contribution in [2.75, 3.05) is 0 Å². The monoisotopic (exact) mass is 402 g/mol. The molecular weight excluding hydrogens is 395 g/mol. The van der Waals surface area contributed by atoms with Crippen LogP contribution in [-0.4, -0.2) is 11.0 Å². The molecule has 4 nitrogen and oxygen atoms in total. The summed E-state index contributed by atoms with van der Waals surface area (Å²) < 4.78 is 20.9. The van der Waals surface area contributed by atoms with Crippen molar-refractivity contribution in [2.24, 2.45) is 10.9 Å². The lowest BCUT2D eigenvalue weighted by molar-refractivity contribution is 0.318. The Morgan fingerprint density at radius 3 is 2.45 bits per heavy atom. The third-order valence-corrected chi connectivity index (χ3v) is 3.56. The van der Waals surface area contributed by atoms with Gasteiger partial charge in [-0.3, -0.25) is 0 Å². The van der Waals surface area contributed by atoms with Crippen LogP contribution in [0.4, 0.5) is 4.39 Å². The smallest absolute Gasteiger partial charge is 0.170 e. The van der Waals surface area contributed by atoms with E-state index in [0.717, 1.165) is 10.5 Å². The molecule has 0 saturated heterocycles. The number of rotatable bonds is 3. The first-order chi connectivity index (χ1) is 9.51. The molecule has 20 heavy (non-hydrogen) atoms. The lowest BCUT2D eigenvalue weighted by Crippen LogP contribution is -2.13. The van der Waals surface area contributed by atoms with Gasteiger partial charge in [0.05, 0.1) is 4.47 Å². The van der Waals surface area contributed by atoms with Gasteiger partial charge in [0.1, 0.15) is 5.75 Å². The molecule has 0 bridgehead atoms. The van der Waals surface area contributed by atoms with E-state index in [1.54, 1.807) is 18.2 Å². The van der Waals surface area contributed by atoms with E-state index in [1.807, 2.05) is 0 Å². The third-order valence-electron chi connectivity index (χ3n) is 2.45. The molecule has 2 aromatic carbocycles. The molecule has 2 aromatic rings. The Labute approximate surface area is 131 Å². The van der Waals surface area contributed by atoms with Crippen molar-refractivity contribution in [3.63, 3.8) is 0 Å². The molecule has 2 rings (SSSR count). The van der Waals surface area contributed by atoms with E-state index in [1.165, 1.54) is 12.1 Å². The molecular formula is C13H9Br2FN2O2. The summed E-state index contributed by atoms with van der Waals surface area (Å²) in [6, 6.07) is 9.32. The molecule has 0 fully saturated rings. The van der Waals surface area contributed by atoms with Crippen LogP contribution in [-0.2, 0) is 0 Å². The average Bonchev–Trinajstić information content (AvgIpc) is 2.42. The zero-order valence-electron chi connectivity index (χ0n) is 9.98. The summed E-state index contributed by atoms with van der Waals surface area (Å²) in [6.45, 7) is 0. The molecule has 0 aliphatic rings. The van der Waals surface area contributed by atoms with Gasteiger partial charge in [-0.25, -0.2) is 4.39 Å². The van der Waals surface area contributed by atoms with Gasteiger partial charge in [-0.1, -0.05) is 21.1 Å². The third kappa shape index (κ3) is 3.29. The number of amidine groups is 1. The van der Waals surface area contributed by atoms with Gasteiger partial charge in [0.25, 0.3) is 0 Å². The van der Waals surface area contributed by atoms with Crippen molar-refractivity contribution in [3.8, 4) is 11.5 Å². The summed E-state index contributed by atoms with van der Waals surface area (Å²) in [7, 11) is 0. The van der Waals surface area contributed by atoms with Crippen molar-refractivity contribution in [1.82, 2.24) is 0 Å². The fourth-order valence-electron chi connectivity index (χ4n) is 1.48. The molecule has 0 amide bonds. The molecule has 0 unspecified atom stereocenters. The van der Waals surface area contributed by atoms with Crippen LogP contribution in [0.5, 0.6) is 11.5 Å². The van der Waals surface area contributed by atoms with E-state index in [-0.39, 0.29) is 17.1 Å². The van der Waals surface area contributed by atoms with Gasteiger partial charge < -0.3 is 15.7 Å². The van der Waals surface area contributed by atoms with Crippen LogP contribution < -0.4 is 10.5 Å². The number of halogens is 3. The molecule has 3 N–H and O–H groups in total. The van der Waals surface area contributed by atoms with Crippen molar-refractivity contribution in [1.29, 1.82) is 0 Å². The van der Waals surface area contributed by atoms with Gasteiger partial charge in [0, 0.05) is 10.0 Å². The molecule has 0 radical (unpaired) electrons. The summed E-state index contributed by atoms with van der Waals surface area (Å²) >= 11 is 6.65. The Balaban J connectivity index is 2.30. The van der Waals surface area contributed by atoms with Gasteiger partial charge in [-0.05, 0) is 52.3 Å². The molecule has 0 aromatic heterocycles. The SMILES string of the molecule is NC(=NO)c1ccc(Oc2ccc(Br)cc2Br)c(F)c1. The van der Waals surface area contributed by atoms with Crippen molar-refractivity contribution in [2.45, 2.75) is 0 Å². The highest BCUT2D eigenvalue weighted by molar-refractivity contribution is 9.11. The fraction of sp³-hybridized carbons (Fsp3) is 0. The second-order valence-electron chi connectivity index (χ2n) is 3.81. The highest BCUT2D eigenvalue weighted by Crippen LogP contribution is 2.33. The van der Waals surface area contributed by atoms with Gasteiger partial charge >= 0.3 is 0 Å². The highest BCUT2D eigenvalue weighted by atomic mass is 79.9. The minimum Gasteiger partial charge on any atom is -0.453 e. The second kappa shape index (κ2) is 6.23. The average molecular weight is 404 g/mol. The van der Waals surface area contributed by atoms with Crippen LogP contribution in [0.15, 0.2) is 50.5 Å². The Morgan fingerprint density at radius 1 is 1.15 bits per heavy atom. The van der Waals surface area contributed by atoms with Gasteiger partial charge in [-0.15, -0.1) is 0 Å². The first-order valence-corrected chi connectivity index (χ1v) is 7.00. The minimum atomic E-state index is -0.607. The van der Waals surface area contributed by atoms with Gasteiger partial charge in [0.15, 0.2) is 17.4 Å². The molecule has 7 heteroatoms. The molecule has 0 atom stereocenters. The topological polar surface area (TPSA) is 67.8 Å². The van der Waals surface area contributed by atoms with Crippen LogP contribution in [0, 0.1) is 5.82 Å². The molecule has 0 aliphatic heterocycles. The lowest BCUT2D eigenvalue weighted by Gasteiger charge is -2.09. The Hall–Kier alpha value is -1.60. The van der Waals surface area contributed by atoms with Crippen LogP contribution in [0.25, 0.3) is 0 Å². The normalized spacial score (nSPS) is 11.4. The van der Waals surface area contributed by atoms with E-state index in [2.05, 4.69) is 37.0 Å². The Kier molecular flexibility index (Phi) is 4.61. The number of ether oxygens (including phenoxy) is 1. The number of oxime groups is 1. The number of benzene rings is 2. The molecule has 0 aliphatic carbocycles. The number of hydrogen-bond acceptors (Lipinski definition) is 3. The van der Waals surface area contributed by atoms with Crippen molar-refractivity contribution in [3.05, 3.63) is 56.7 Å². The maximum Gasteiger partial charge on any atom is 0.170 e. The van der Waals surface area contributed by atoms with Crippen molar-refractivity contribution >= 4 is 37.7 Å². The largest absolute Gasteiger partial charge is 0.453 e. The van der Waals surface area contributed by atoms with Gasteiger partial charge in [0.2, 0.25) is 0 Å². The van der Waals surface area contributed by atoms with Crippen LogP contribution in [0.1, 0.15) is 5.56 Å². The maximum atomic E-state index is 13.9. The predicted molar refractivity (Wildman–Crippen MR) is 80.8 cm³/mol. The molecule has 0 heterocycles. The minimum absolute atomic E-state index is 0.0440. The van der Waals surface area contributed by atoms with Gasteiger partial charge in [-0.2, -0.15) is 0 Å². The van der Waals surface area contributed by atoms with E-state index in [4.69, 9.17) is 15.7 Å². The maximum absolute atomic E-state index is 13.9. The summed E-state index contributed by atoms with van der Waals surface area (Å²) in [5.74, 6) is -0.254. The molecule has 0 spiro atoms. The molecule has 104 valence electrons. The summed E-state index contributed by atoms with van der Waals surface area (Å²) in [5, 5.41) is 11.4. The standard InChI is InChI=1S/C13H9Br2FN2O2/c14-8-2-4-11(9(15)6-8)20-12-3-1-7(5-10(12)16)13(17)18-19/h1-6,19H,(H2,17,18). The number of hydrogen-bond donors (Lipinski definition) is 2. The zero-order valence-corrected chi connectivity index (χ0v) is 13.2. The van der Waals surface area contributed by atoms with Crippen molar-refractivity contribution < 1.29 is 14.3 Å². The Bertz CT molecular complexity index is 677. The van der Waals surface area contributed by atoms with Crippen LogP contribution >= 0.6 is 31.9 Å². The fourth-order valence-corrected chi connectivity index (χ4v) is 2.61. The lowest BCUT2D eigenvalue weighted by atomic mass is 10.2. The molecule has 0 saturated carbocycles. The van der Waals surface area contributed by atoms with E-state index < -0.39 is 5.82 Å². The van der Waals surface area contributed by atoms with Crippen LogP contribution in [0.3, 0.4) is 0 Å². The number of nitrogens with zero attached hydrogens (tertiary/aromatic N) is 1. The predicted octanol–water partition coefficient (Wildman–Crippen LogP) is 4.24. The first kappa shape index (κ1) is 14.8. The Morgan fingerprint density at radius 2 is 1.85 bits per heavy atom. The summed E-state index contributed by atoms with van der Waals surface area (Å²) in [4.78, 5) is 0. The van der Waals surface area contributed by atoms with E-state index in [0.29, 0.717) is 10.2 Å². The van der Waals surface area contributed by atoms with E-state index in [9.17, 15) is 4.39 Å². The van der Waals surface area contributed by atoms with Crippen LogP contribution in [0.2, 0.25) is 0 Å². The summed E-state index contributed by atoms with van der Waals surface area (Å²) in [5.41, 5.74) is 5.66. The quantitative estimate of drug-likeness (QED) is 0.348.